The lowest BCUT2D eigenvalue weighted by atomic mass is 10.1. The number of benzene rings is 2. The summed E-state index contributed by atoms with van der Waals surface area (Å²) in [6.45, 7) is 0.516. The zero-order valence-electron chi connectivity index (χ0n) is 15.2. The van der Waals surface area contributed by atoms with Gasteiger partial charge in [0.15, 0.2) is 4.34 Å². The molecule has 148 valence electrons. The summed E-state index contributed by atoms with van der Waals surface area (Å²) in [6, 6.07) is 17.6. The predicted molar refractivity (Wildman–Crippen MR) is 119 cm³/mol. The van der Waals surface area contributed by atoms with Crippen molar-refractivity contribution in [3.05, 3.63) is 64.6 Å². The quantitative estimate of drug-likeness (QED) is 0.312. The SMILES string of the molecule is O=C(Nc1nnc(SCc2ccccc2)s1)C1CCN(c2cccc(Br)c2)C1=O. The molecule has 1 aromatic heterocycles. The van der Waals surface area contributed by atoms with Crippen LogP contribution in [-0.4, -0.2) is 28.6 Å². The molecule has 29 heavy (non-hydrogen) atoms. The lowest BCUT2D eigenvalue weighted by Gasteiger charge is -2.16. The third-order valence-electron chi connectivity index (χ3n) is 4.48. The van der Waals surface area contributed by atoms with E-state index in [1.165, 1.54) is 16.9 Å². The summed E-state index contributed by atoms with van der Waals surface area (Å²) >= 11 is 6.30. The molecule has 4 rings (SSSR count). The van der Waals surface area contributed by atoms with Crippen molar-refractivity contribution in [2.24, 2.45) is 5.92 Å². The Morgan fingerprint density at radius 2 is 2.03 bits per heavy atom. The van der Waals surface area contributed by atoms with Gasteiger partial charge >= 0.3 is 0 Å². The van der Waals surface area contributed by atoms with E-state index < -0.39 is 5.92 Å². The molecule has 0 radical (unpaired) electrons. The van der Waals surface area contributed by atoms with Gasteiger partial charge in [-0.3, -0.25) is 14.9 Å². The maximum atomic E-state index is 12.7. The van der Waals surface area contributed by atoms with Gasteiger partial charge in [0, 0.05) is 22.5 Å². The Balaban J connectivity index is 1.35. The molecule has 0 bridgehead atoms. The van der Waals surface area contributed by atoms with E-state index in [2.05, 4.69) is 43.6 Å². The number of carbonyl (C=O) groups is 2. The van der Waals surface area contributed by atoms with Gasteiger partial charge in [-0.15, -0.1) is 10.2 Å². The van der Waals surface area contributed by atoms with Crippen LogP contribution in [0.5, 0.6) is 0 Å². The molecule has 0 saturated carbocycles. The highest BCUT2D eigenvalue weighted by Crippen LogP contribution is 2.30. The first kappa shape index (κ1) is 20.1. The predicted octanol–water partition coefficient (Wildman–Crippen LogP) is 4.58. The average Bonchev–Trinajstić information content (AvgIpc) is 3.33. The van der Waals surface area contributed by atoms with E-state index in [1.807, 2.05) is 42.5 Å². The van der Waals surface area contributed by atoms with Crippen LogP contribution >= 0.6 is 39.0 Å². The first-order valence-electron chi connectivity index (χ1n) is 8.98. The summed E-state index contributed by atoms with van der Waals surface area (Å²) in [6.07, 6.45) is 0.478. The van der Waals surface area contributed by atoms with Gasteiger partial charge < -0.3 is 4.90 Å². The van der Waals surface area contributed by atoms with Gasteiger partial charge in [-0.25, -0.2) is 0 Å². The maximum Gasteiger partial charge on any atom is 0.239 e. The third kappa shape index (κ3) is 4.85. The van der Waals surface area contributed by atoms with Crippen molar-refractivity contribution in [3.63, 3.8) is 0 Å². The number of nitrogens with zero attached hydrogens (tertiary/aromatic N) is 3. The van der Waals surface area contributed by atoms with Crippen LogP contribution in [0.4, 0.5) is 10.8 Å². The number of rotatable bonds is 6. The summed E-state index contributed by atoms with van der Waals surface area (Å²) < 4.78 is 1.67. The highest BCUT2D eigenvalue weighted by Gasteiger charge is 2.38. The van der Waals surface area contributed by atoms with Crippen LogP contribution < -0.4 is 10.2 Å². The van der Waals surface area contributed by atoms with Crippen LogP contribution in [-0.2, 0) is 15.3 Å². The number of hydrogen-bond acceptors (Lipinski definition) is 6. The first-order chi connectivity index (χ1) is 14.1. The monoisotopic (exact) mass is 488 g/mol. The van der Waals surface area contributed by atoms with E-state index >= 15 is 0 Å². The minimum atomic E-state index is -0.710. The first-order valence-corrected chi connectivity index (χ1v) is 11.6. The molecule has 1 N–H and O–H groups in total. The molecule has 1 unspecified atom stereocenters. The number of nitrogens with one attached hydrogen (secondary N) is 1. The Morgan fingerprint density at radius 3 is 2.83 bits per heavy atom. The summed E-state index contributed by atoms with van der Waals surface area (Å²) in [4.78, 5) is 27.0. The molecule has 6 nitrogen and oxygen atoms in total. The van der Waals surface area contributed by atoms with Crippen molar-refractivity contribution >= 4 is 61.7 Å². The van der Waals surface area contributed by atoms with Crippen molar-refractivity contribution in [2.75, 3.05) is 16.8 Å². The molecular formula is C20H17BrN4O2S2. The molecule has 1 aliphatic rings. The molecular weight excluding hydrogens is 472 g/mol. The standard InChI is InChI=1S/C20H17BrN4O2S2/c21-14-7-4-8-15(11-14)25-10-9-16(18(25)27)17(26)22-19-23-24-20(29-19)28-12-13-5-2-1-3-6-13/h1-8,11,16H,9-10,12H2,(H,22,23,26). The Kier molecular flexibility index (Phi) is 6.27. The number of carbonyl (C=O) groups excluding carboxylic acids is 2. The van der Waals surface area contributed by atoms with Crippen molar-refractivity contribution in [1.29, 1.82) is 0 Å². The van der Waals surface area contributed by atoms with Crippen LogP contribution in [0.3, 0.4) is 0 Å². The Bertz CT molecular complexity index is 1030. The van der Waals surface area contributed by atoms with E-state index in [4.69, 9.17) is 0 Å². The normalized spacial score (nSPS) is 16.2. The van der Waals surface area contributed by atoms with E-state index in [1.54, 1.807) is 16.7 Å². The van der Waals surface area contributed by atoms with Gasteiger partial charge in [-0.05, 0) is 30.2 Å². The number of amides is 2. The summed E-state index contributed by atoms with van der Waals surface area (Å²) in [5.74, 6) is -0.447. The molecule has 9 heteroatoms. The average molecular weight is 489 g/mol. The van der Waals surface area contributed by atoms with Crippen LogP contribution in [0.15, 0.2) is 63.4 Å². The van der Waals surface area contributed by atoms with Gasteiger partial charge in [0.2, 0.25) is 16.9 Å². The van der Waals surface area contributed by atoms with Gasteiger partial charge in [0.05, 0.1) is 0 Å². The van der Waals surface area contributed by atoms with E-state index in [-0.39, 0.29) is 11.8 Å². The zero-order valence-corrected chi connectivity index (χ0v) is 18.5. The fourth-order valence-corrected chi connectivity index (χ4v) is 5.15. The number of halogens is 1. The van der Waals surface area contributed by atoms with Gasteiger partial charge in [-0.2, -0.15) is 0 Å². The van der Waals surface area contributed by atoms with Gasteiger partial charge in [-0.1, -0.05) is 75.4 Å². The lowest BCUT2D eigenvalue weighted by molar-refractivity contribution is -0.129. The summed E-state index contributed by atoms with van der Waals surface area (Å²) in [5, 5.41) is 11.3. The molecule has 0 aliphatic carbocycles. The Labute approximate surface area is 184 Å². The van der Waals surface area contributed by atoms with Gasteiger partial charge in [0.25, 0.3) is 0 Å². The molecule has 2 aromatic carbocycles. The second kappa shape index (κ2) is 9.06. The van der Waals surface area contributed by atoms with E-state index in [9.17, 15) is 9.59 Å². The summed E-state index contributed by atoms with van der Waals surface area (Å²) in [7, 11) is 0. The number of thioether (sulfide) groups is 1. The van der Waals surface area contributed by atoms with E-state index in [0.717, 1.165) is 20.3 Å². The molecule has 1 saturated heterocycles. The number of anilines is 2. The Morgan fingerprint density at radius 1 is 1.21 bits per heavy atom. The number of hydrogen-bond donors (Lipinski definition) is 1. The maximum absolute atomic E-state index is 12.7. The second-order valence-electron chi connectivity index (χ2n) is 6.45. The fourth-order valence-electron chi connectivity index (χ4n) is 3.05. The van der Waals surface area contributed by atoms with Gasteiger partial charge in [0.1, 0.15) is 5.92 Å². The minimum Gasteiger partial charge on any atom is -0.312 e. The molecule has 1 fully saturated rings. The molecule has 2 amide bonds. The molecule has 1 atom stereocenters. The lowest BCUT2D eigenvalue weighted by Crippen LogP contribution is -2.33. The highest BCUT2D eigenvalue weighted by molar-refractivity contribution is 9.10. The fraction of sp³-hybridized carbons (Fsp3) is 0.200. The van der Waals surface area contributed by atoms with Crippen molar-refractivity contribution < 1.29 is 9.59 Å². The van der Waals surface area contributed by atoms with Crippen LogP contribution in [0, 0.1) is 5.92 Å². The minimum absolute atomic E-state index is 0.191. The van der Waals surface area contributed by atoms with Crippen LogP contribution in [0.1, 0.15) is 12.0 Å². The smallest absolute Gasteiger partial charge is 0.239 e. The zero-order chi connectivity index (χ0) is 20.2. The van der Waals surface area contributed by atoms with Crippen molar-refractivity contribution in [1.82, 2.24) is 10.2 Å². The van der Waals surface area contributed by atoms with Crippen molar-refractivity contribution in [3.8, 4) is 0 Å². The Hall–Kier alpha value is -2.23. The third-order valence-corrected chi connectivity index (χ3v) is 7.02. The van der Waals surface area contributed by atoms with Crippen LogP contribution in [0.2, 0.25) is 0 Å². The van der Waals surface area contributed by atoms with Crippen LogP contribution in [0.25, 0.3) is 0 Å². The number of aromatic nitrogens is 2. The molecule has 1 aliphatic heterocycles. The largest absolute Gasteiger partial charge is 0.312 e. The molecule has 3 aromatic rings. The topological polar surface area (TPSA) is 75.2 Å². The van der Waals surface area contributed by atoms with E-state index in [0.29, 0.717) is 18.1 Å². The second-order valence-corrected chi connectivity index (χ2v) is 9.56. The van der Waals surface area contributed by atoms with Crippen molar-refractivity contribution in [2.45, 2.75) is 16.5 Å². The molecule has 0 spiro atoms. The summed E-state index contributed by atoms with van der Waals surface area (Å²) in [5.41, 5.74) is 1.98. The molecule has 2 heterocycles. The highest BCUT2D eigenvalue weighted by atomic mass is 79.9.